The molecule has 0 spiro atoms. The zero-order chi connectivity index (χ0) is 22.1. The predicted octanol–water partition coefficient (Wildman–Crippen LogP) is 6.07. The molecule has 3 aromatic rings. The van der Waals surface area contributed by atoms with Crippen molar-refractivity contribution in [3.05, 3.63) is 60.3 Å². The largest absolute Gasteiger partial charge is 0.336 e. The molecule has 3 atom stereocenters. The summed E-state index contributed by atoms with van der Waals surface area (Å²) in [6, 6.07) is 17.4. The van der Waals surface area contributed by atoms with E-state index in [1.54, 1.807) is 0 Å². The number of hydrogen-bond acceptors (Lipinski definition) is 2. The van der Waals surface area contributed by atoms with E-state index in [0.717, 1.165) is 47.1 Å². The fourth-order valence-corrected chi connectivity index (χ4v) is 5.79. The Morgan fingerprint density at radius 1 is 0.969 bits per heavy atom. The molecule has 0 radical (unpaired) electrons. The normalized spacial score (nSPS) is 21.7. The lowest BCUT2D eigenvalue weighted by Gasteiger charge is -2.20. The molecule has 2 aliphatic carbocycles. The first-order valence-electron chi connectivity index (χ1n) is 11.9. The van der Waals surface area contributed by atoms with Crippen molar-refractivity contribution < 1.29 is 9.59 Å². The van der Waals surface area contributed by atoms with Gasteiger partial charge in [0.25, 0.3) is 5.91 Å². The average molecular weight is 430 g/mol. The fourth-order valence-electron chi connectivity index (χ4n) is 5.79. The average Bonchev–Trinajstić information content (AvgIpc) is 3.49. The molecule has 166 valence electrons. The van der Waals surface area contributed by atoms with Gasteiger partial charge in [-0.1, -0.05) is 31.5 Å². The molecular weight excluding hydrogens is 398 g/mol. The van der Waals surface area contributed by atoms with Crippen LogP contribution in [-0.2, 0) is 11.3 Å². The van der Waals surface area contributed by atoms with Crippen LogP contribution in [0.4, 0.5) is 11.4 Å². The number of amides is 2. The molecule has 2 saturated carbocycles. The van der Waals surface area contributed by atoms with Gasteiger partial charge in [0.1, 0.15) is 5.69 Å². The Balaban J connectivity index is 1.34. The number of carbonyl (C=O) groups is 2. The highest BCUT2D eigenvalue weighted by atomic mass is 16.2. The summed E-state index contributed by atoms with van der Waals surface area (Å²) in [5.74, 6) is 2.14. The van der Waals surface area contributed by atoms with Gasteiger partial charge in [-0.05, 0) is 79.8 Å². The number of nitrogens with zero attached hydrogens (tertiary/aromatic N) is 1. The van der Waals surface area contributed by atoms with Gasteiger partial charge in [-0.3, -0.25) is 9.59 Å². The molecule has 2 N–H and O–H groups in total. The quantitative estimate of drug-likeness (QED) is 0.479. The molecule has 2 aliphatic rings. The maximum absolute atomic E-state index is 13.0. The molecule has 1 heterocycles. The summed E-state index contributed by atoms with van der Waals surface area (Å²) in [6.07, 6.45) is 6.75. The molecule has 2 bridgehead atoms. The molecule has 0 aliphatic heterocycles. The minimum atomic E-state index is -0.122. The fraction of sp³-hybridized carbons (Fsp3) is 0.407. The number of para-hydroxylation sites is 1. The number of aromatic nitrogens is 1. The molecule has 3 unspecified atom stereocenters. The Kier molecular flexibility index (Phi) is 5.73. The number of nitrogens with one attached hydrogen (secondary N) is 2. The predicted molar refractivity (Wildman–Crippen MR) is 129 cm³/mol. The summed E-state index contributed by atoms with van der Waals surface area (Å²) in [5.41, 5.74) is 3.22. The van der Waals surface area contributed by atoms with Gasteiger partial charge in [0.15, 0.2) is 0 Å². The summed E-state index contributed by atoms with van der Waals surface area (Å²) in [4.78, 5) is 25.7. The van der Waals surface area contributed by atoms with Crippen molar-refractivity contribution >= 4 is 34.1 Å². The third kappa shape index (κ3) is 4.16. The zero-order valence-corrected chi connectivity index (χ0v) is 18.6. The summed E-state index contributed by atoms with van der Waals surface area (Å²) in [6.45, 7) is 2.87. The lowest BCUT2D eigenvalue weighted by molar-refractivity contribution is -0.117. The number of carbonyl (C=O) groups excluding carboxylic acids is 2. The molecule has 2 fully saturated rings. The summed E-state index contributed by atoms with van der Waals surface area (Å²) >= 11 is 0. The van der Waals surface area contributed by atoms with Gasteiger partial charge in [-0.25, -0.2) is 0 Å². The smallest absolute Gasteiger partial charge is 0.272 e. The molecular formula is C27H31N3O2. The number of anilines is 2. The number of rotatable bonds is 7. The van der Waals surface area contributed by atoms with Crippen LogP contribution in [-0.4, -0.2) is 16.4 Å². The summed E-state index contributed by atoms with van der Waals surface area (Å²) in [7, 11) is 0. The Bertz CT molecular complexity index is 1130. The number of aryl methyl sites for hydroxylation is 1. The summed E-state index contributed by atoms with van der Waals surface area (Å²) in [5, 5.41) is 7.06. The van der Waals surface area contributed by atoms with Crippen LogP contribution in [0, 0.1) is 17.8 Å². The van der Waals surface area contributed by atoms with Gasteiger partial charge in [0, 0.05) is 35.2 Å². The van der Waals surface area contributed by atoms with Crippen LogP contribution in [0.15, 0.2) is 54.6 Å². The van der Waals surface area contributed by atoms with Crippen LogP contribution < -0.4 is 10.6 Å². The van der Waals surface area contributed by atoms with Gasteiger partial charge >= 0.3 is 0 Å². The lowest BCUT2D eigenvalue weighted by Crippen LogP contribution is -2.20. The van der Waals surface area contributed by atoms with Gasteiger partial charge in [0.2, 0.25) is 5.91 Å². The van der Waals surface area contributed by atoms with E-state index in [2.05, 4.69) is 22.1 Å². The first kappa shape index (κ1) is 20.8. The second kappa shape index (κ2) is 8.81. The molecule has 5 rings (SSSR count). The van der Waals surface area contributed by atoms with Crippen LogP contribution in [0.25, 0.3) is 10.9 Å². The van der Waals surface area contributed by atoms with E-state index in [0.29, 0.717) is 18.0 Å². The Labute approximate surface area is 189 Å². The minimum absolute atomic E-state index is 0.108. The minimum Gasteiger partial charge on any atom is -0.336 e. The van der Waals surface area contributed by atoms with Crippen molar-refractivity contribution in [1.29, 1.82) is 0 Å². The van der Waals surface area contributed by atoms with Crippen LogP contribution in [0.3, 0.4) is 0 Å². The van der Waals surface area contributed by atoms with E-state index < -0.39 is 0 Å². The number of benzene rings is 2. The van der Waals surface area contributed by atoms with Crippen molar-refractivity contribution in [3.63, 3.8) is 0 Å². The second-order valence-electron chi connectivity index (χ2n) is 9.46. The standard InChI is InChI=1S/C27H31N3O2/c1-2-12-30-24-11-10-23(28-26(31)17-20-14-18-8-9-19(20)13-18)15-21(24)16-25(30)27(32)29-22-6-4-3-5-7-22/h3-7,10-11,15-16,18-20H,2,8-9,12-14,17H2,1H3,(H,28,31)(H,29,32). The molecule has 5 nitrogen and oxygen atoms in total. The van der Waals surface area contributed by atoms with E-state index in [4.69, 9.17) is 0 Å². The van der Waals surface area contributed by atoms with Gasteiger partial charge in [0.05, 0.1) is 0 Å². The number of hydrogen-bond donors (Lipinski definition) is 2. The van der Waals surface area contributed by atoms with Crippen LogP contribution in [0.1, 0.15) is 55.9 Å². The van der Waals surface area contributed by atoms with E-state index >= 15 is 0 Å². The first-order valence-corrected chi connectivity index (χ1v) is 11.9. The molecule has 5 heteroatoms. The van der Waals surface area contributed by atoms with Crippen LogP contribution in [0.5, 0.6) is 0 Å². The van der Waals surface area contributed by atoms with Gasteiger partial charge in [-0.2, -0.15) is 0 Å². The van der Waals surface area contributed by atoms with Crippen molar-refractivity contribution in [2.75, 3.05) is 10.6 Å². The Hall–Kier alpha value is -3.08. The molecule has 2 amide bonds. The van der Waals surface area contributed by atoms with Crippen molar-refractivity contribution in [2.24, 2.45) is 17.8 Å². The lowest BCUT2D eigenvalue weighted by atomic mass is 9.86. The SMILES string of the molecule is CCCn1c(C(=O)Nc2ccccc2)cc2cc(NC(=O)CC3CC4CCC3C4)ccc21. The van der Waals surface area contributed by atoms with E-state index in [1.165, 1.54) is 25.7 Å². The van der Waals surface area contributed by atoms with Crippen LogP contribution >= 0.6 is 0 Å². The van der Waals surface area contributed by atoms with Crippen molar-refractivity contribution in [2.45, 2.75) is 52.0 Å². The zero-order valence-electron chi connectivity index (χ0n) is 18.6. The second-order valence-corrected chi connectivity index (χ2v) is 9.46. The van der Waals surface area contributed by atoms with E-state index in [-0.39, 0.29) is 11.8 Å². The van der Waals surface area contributed by atoms with Crippen LogP contribution in [0.2, 0.25) is 0 Å². The maximum Gasteiger partial charge on any atom is 0.272 e. The van der Waals surface area contributed by atoms with Crippen molar-refractivity contribution in [3.8, 4) is 0 Å². The maximum atomic E-state index is 13.0. The topological polar surface area (TPSA) is 63.1 Å². The monoisotopic (exact) mass is 429 g/mol. The Morgan fingerprint density at radius 2 is 1.81 bits per heavy atom. The molecule has 0 saturated heterocycles. The molecule has 2 aromatic carbocycles. The highest BCUT2D eigenvalue weighted by molar-refractivity contribution is 6.07. The number of fused-ring (bicyclic) bond motifs is 3. The third-order valence-corrected chi connectivity index (χ3v) is 7.23. The highest BCUT2D eigenvalue weighted by Crippen LogP contribution is 2.49. The summed E-state index contributed by atoms with van der Waals surface area (Å²) < 4.78 is 2.06. The first-order chi connectivity index (χ1) is 15.6. The third-order valence-electron chi connectivity index (χ3n) is 7.23. The molecule has 32 heavy (non-hydrogen) atoms. The Morgan fingerprint density at radius 3 is 2.53 bits per heavy atom. The van der Waals surface area contributed by atoms with E-state index in [1.807, 2.05) is 54.6 Å². The van der Waals surface area contributed by atoms with Crippen molar-refractivity contribution in [1.82, 2.24) is 4.57 Å². The highest BCUT2D eigenvalue weighted by Gasteiger charge is 2.40. The van der Waals surface area contributed by atoms with E-state index in [9.17, 15) is 9.59 Å². The van der Waals surface area contributed by atoms with Gasteiger partial charge < -0.3 is 15.2 Å². The van der Waals surface area contributed by atoms with Gasteiger partial charge in [-0.15, -0.1) is 0 Å². The molecule has 1 aromatic heterocycles.